The fourth-order valence-electron chi connectivity index (χ4n) is 5.74. The number of ether oxygens (including phenoxy) is 2. The number of piperazine rings is 1. The number of aromatic nitrogens is 2. The van der Waals surface area contributed by atoms with Crippen molar-refractivity contribution in [2.24, 2.45) is 0 Å². The molecule has 2 aliphatic rings. The molecule has 11 heteroatoms. The van der Waals surface area contributed by atoms with Crippen LogP contribution in [0.2, 0.25) is 0 Å². The van der Waals surface area contributed by atoms with Crippen molar-refractivity contribution < 1.29 is 24.2 Å². The summed E-state index contributed by atoms with van der Waals surface area (Å²) in [7, 11) is 0. The van der Waals surface area contributed by atoms with Gasteiger partial charge >= 0.3 is 0 Å². The molecule has 3 aromatic rings. The van der Waals surface area contributed by atoms with E-state index in [1.165, 1.54) is 6.92 Å². The van der Waals surface area contributed by atoms with E-state index in [0.717, 1.165) is 74.6 Å². The second-order valence-electron chi connectivity index (χ2n) is 11.7. The first-order valence-electron chi connectivity index (χ1n) is 15.9. The number of unbranched alkanes of at least 4 members (excludes halogenated alkanes) is 2. The minimum atomic E-state index is -0.601. The standard InChI is InChI=1S/C34H44N6O5/c1-25(42)35-14-4-2-3-9-32(43)38-29-8-5-7-28(21-29)33-44-30(22-31(45-33)27-12-10-26(24-41)11-13-27)23-39-17-19-40(20-18-39)34-36-15-6-16-37-34/h5-8,10-13,15-16,21,30-31,33,41H,2-4,9,14,17-20,22-24H2,1H3,(H,35,42)(H,38,43)/t30-,31+,33+/m0/s1. The summed E-state index contributed by atoms with van der Waals surface area (Å²) >= 11 is 0. The summed E-state index contributed by atoms with van der Waals surface area (Å²) in [5.74, 6) is 0.685. The monoisotopic (exact) mass is 616 g/mol. The van der Waals surface area contributed by atoms with E-state index in [2.05, 4.69) is 30.4 Å². The number of carbonyl (C=O) groups is 2. The van der Waals surface area contributed by atoms with Gasteiger partial charge in [-0.1, -0.05) is 42.8 Å². The van der Waals surface area contributed by atoms with Crippen LogP contribution in [0.1, 0.15) is 68.1 Å². The average Bonchev–Trinajstić information content (AvgIpc) is 3.07. The Bertz CT molecular complexity index is 1370. The van der Waals surface area contributed by atoms with E-state index in [4.69, 9.17) is 9.47 Å². The second-order valence-corrected chi connectivity index (χ2v) is 11.7. The molecule has 1 aromatic heterocycles. The van der Waals surface area contributed by atoms with E-state index in [9.17, 15) is 14.7 Å². The summed E-state index contributed by atoms with van der Waals surface area (Å²) in [6.45, 7) is 6.36. The van der Waals surface area contributed by atoms with Gasteiger partial charge in [-0.05, 0) is 42.2 Å². The molecule has 0 spiro atoms. The summed E-state index contributed by atoms with van der Waals surface area (Å²) in [6.07, 6.45) is 6.29. The maximum Gasteiger partial charge on any atom is 0.225 e. The first kappa shape index (κ1) is 32.5. The average molecular weight is 617 g/mol. The molecule has 3 atom stereocenters. The third-order valence-electron chi connectivity index (χ3n) is 8.18. The summed E-state index contributed by atoms with van der Waals surface area (Å²) in [6, 6.07) is 17.4. The van der Waals surface area contributed by atoms with Crippen molar-refractivity contribution in [3.63, 3.8) is 0 Å². The number of rotatable bonds is 13. The summed E-state index contributed by atoms with van der Waals surface area (Å²) in [4.78, 5) is 37.1. The topological polar surface area (TPSA) is 129 Å². The third kappa shape index (κ3) is 9.79. The number of aliphatic hydroxyl groups is 1. The van der Waals surface area contributed by atoms with Gasteiger partial charge in [0, 0.05) is 82.7 Å². The van der Waals surface area contributed by atoms with Crippen molar-refractivity contribution in [2.45, 2.75) is 64.1 Å². The van der Waals surface area contributed by atoms with Crippen LogP contribution >= 0.6 is 0 Å². The highest BCUT2D eigenvalue weighted by Crippen LogP contribution is 2.38. The van der Waals surface area contributed by atoms with Gasteiger partial charge in [0.25, 0.3) is 0 Å². The van der Waals surface area contributed by atoms with Gasteiger partial charge in [0.2, 0.25) is 17.8 Å². The highest BCUT2D eigenvalue weighted by Gasteiger charge is 2.34. The zero-order valence-corrected chi connectivity index (χ0v) is 25.9. The molecular weight excluding hydrogens is 572 g/mol. The lowest BCUT2D eigenvalue weighted by Crippen LogP contribution is -2.50. The van der Waals surface area contributed by atoms with Crippen LogP contribution in [0.15, 0.2) is 67.0 Å². The van der Waals surface area contributed by atoms with E-state index in [1.807, 2.05) is 54.6 Å². The van der Waals surface area contributed by atoms with Gasteiger partial charge in [-0.2, -0.15) is 0 Å². The lowest BCUT2D eigenvalue weighted by atomic mass is 9.99. The van der Waals surface area contributed by atoms with E-state index < -0.39 is 6.29 Å². The Morgan fingerprint density at radius 3 is 2.44 bits per heavy atom. The molecule has 2 aromatic carbocycles. The van der Waals surface area contributed by atoms with E-state index in [1.54, 1.807) is 12.4 Å². The zero-order chi connectivity index (χ0) is 31.4. The number of aliphatic hydroxyl groups excluding tert-OH is 1. The van der Waals surface area contributed by atoms with Crippen molar-refractivity contribution in [1.29, 1.82) is 0 Å². The number of amides is 2. The molecule has 0 aliphatic carbocycles. The molecule has 0 saturated carbocycles. The van der Waals surface area contributed by atoms with Gasteiger partial charge in [0.1, 0.15) is 0 Å². The van der Waals surface area contributed by atoms with Gasteiger partial charge < -0.3 is 30.1 Å². The van der Waals surface area contributed by atoms with Crippen LogP contribution in [-0.4, -0.2) is 77.2 Å². The number of nitrogens with one attached hydrogen (secondary N) is 2. The van der Waals surface area contributed by atoms with Gasteiger partial charge in [-0.25, -0.2) is 9.97 Å². The molecule has 0 bridgehead atoms. The molecule has 3 heterocycles. The molecule has 0 unspecified atom stereocenters. The Hall–Kier alpha value is -3.90. The fraction of sp³-hybridized carbons (Fsp3) is 0.471. The normalized spacial score (nSPS) is 20.5. The Balaban J connectivity index is 1.21. The molecule has 3 N–H and O–H groups in total. The smallest absolute Gasteiger partial charge is 0.225 e. The van der Waals surface area contributed by atoms with Crippen LogP contribution in [0, 0.1) is 0 Å². The molecule has 0 radical (unpaired) electrons. The number of hydrogen-bond acceptors (Lipinski definition) is 9. The molecular formula is C34H44N6O5. The van der Waals surface area contributed by atoms with Crippen molar-refractivity contribution in [1.82, 2.24) is 20.2 Å². The second kappa shape index (κ2) is 16.4. The first-order chi connectivity index (χ1) is 22.0. The molecule has 11 nitrogen and oxygen atoms in total. The lowest BCUT2D eigenvalue weighted by molar-refractivity contribution is -0.253. The molecule has 240 valence electrons. The van der Waals surface area contributed by atoms with Gasteiger partial charge in [-0.15, -0.1) is 0 Å². The highest BCUT2D eigenvalue weighted by molar-refractivity contribution is 5.90. The van der Waals surface area contributed by atoms with Gasteiger partial charge in [-0.3, -0.25) is 14.5 Å². The minimum Gasteiger partial charge on any atom is -0.392 e. The Kier molecular flexibility index (Phi) is 11.9. The minimum absolute atomic E-state index is 0.00422. The number of anilines is 2. The maximum atomic E-state index is 12.6. The van der Waals surface area contributed by atoms with Crippen LogP contribution in [0.4, 0.5) is 11.6 Å². The van der Waals surface area contributed by atoms with Crippen LogP contribution in [0.5, 0.6) is 0 Å². The maximum absolute atomic E-state index is 12.6. The lowest BCUT2D eigenvalue weighted by Gasteiger charge is -2.40. The SMILES string of the molecule is CC(=O)NCCCCCC(=O)Nc1cccc([C@@H]2O[C@H](CN3CCN(c4ncccn4)CC3)C[C@H](c3ccc(CO)cc3)O2)c1. The molecule has 2 fully saturated rings. The Labute approximate surface area is 265 Å². The van der Waals surface area contributed by atoms with E-state index >= 15 is 0 Å². The number of carbonyl (C=O) groups excluding carboxylic acids is 2. The molecule has 2 aliphatic heterocycles. The molecule has 5 rings (SSSR count). The molecule has 2 saturated heterocycles. The molecule has 2 amide bonds. The van der Waals surface area contributed by atoms with E-state index in [0.29, 0.717) is 25.1 Å². The van der Waals surface area contributed by atoms with Crippen molar-refractivity contribution in [3.8, 4) is 0 Å². The van der Waals surface area contributed by atoms with Crippen molar-refractivity contribution in [3.05, 3.63) is 83.7 Å². The number of benzene rings is 2. The number of hydrogen-bond donors (Lipinski definition) is 3. The van der Waals surface area contributed by atoms with Crippen LogP contribution < -0.4 is 15.5 Å². The van der Waals surface area contributed by atoms with E-state index in [-0.39, 0.29) is 30.6 Å². The van der Waals surface area contributed by atoms with Crippen LogP contribution in [0.3, 0.4) is 0 Å². The van der Waals surface area contributed by atoms with Crippen LogP contribution in [0.25, 0.3) is 0 Å². The zero-order valence-electron chi connectivity index (χ0n) is 25.9. The van der Waals surface area contributed by atoms with Crippen molar-refractivity contribution in [2.75, 3.05) is 49.5 Å². The third-order valence-corrected chi connectivity index (χ3v) is 8.18. The predicted molar refractivity (Wildman–Crippen MR) is 171 cm³/mol. The van der Waals surface area contributed by atoms with Crippen LogP contribution in [-0.2, 0) is 25.7 Å². The van der Waals surface area contributed by atoms with Gasteiger partial charge in [0.05, 0.1) is 18.8 Å². The Morgan fingerprint density at radius 1 is 0.933 bits per heavy atom. The fourth-order valence-corrected chi connectivity index (χ4v) is 5.74. The van der Waals surface area contributed by atoms with Crippen molar-refractivity contribution >= 4 is 23.5 Å². The number of nitrogens with zero attached hydrogens (tertiary/aromatic N) is 4. The Morgan fingerprint density at radius 2 is 1.71 bits per heavy atom. The first-order valence-corrected chi connectivity index (χ1v) is 15.9. The quantitative estimate of drug-likeness (QED) is 0.244. The summed E-state index contributed by atoms with van der Waals surface area (Å²) in [5, 5.41) is 15.3. The summed E-state index contributed by atoms with van der Waals surface area (Å²) < 4.78 is 13.1. The summed E-state index contributed by atoms with van der Waals surface area (Å²) in [5.41, 5.74) is 3.44. The highest BCUT2D eigenvalue weighted by atomic mass is 16.7. The predicted octanol–water partition coefficient (Wildman–Crippen LogP) is 3.97. The molecule has 45 heavy (non-hydrogen) atoms. The largest absolute Gasteiger partial charge is 0.392 e. The van der Waals surface area contributed by atoms with Gasteiger partial charge in [0.15, 0.2) is 6.29 Å².